The highest BCUT2D eigenvalue weighted by Crippen LogP contribution is 2.34. The van der Waals surface area contributed by atoms with Crippen LogP contribution < -0.4 is 5.73 Å². The second-order valence-corrected chi connectivity index (χ2v) is 10.6. The van der Waals surface area contributed by atoms with Crippen LogP contribution in [0.5, 0.6) is 0 Å². The van der Waals surface area contributed by atoms with Crippen LogP contribution in [0.3, 0.4) is 0 Å². The SMILES string of the molecule is C=Ic1ccc(F)c(C2OCC(N3Cc4cn(CC(C)(C)O)nc4C3)CC2N)c1. The molecule has 6 nitrogen and oxygen atoms in total. The van der Waals surface area contributed by atoms with Crippen molar-refractivity contribution in [3.05, 3.63) is 50.6 Å². The van der Waals surface area contributed by atoms with E-state index in [-0.39, 0.29) is 38.6 Å². The molecule has 3 heterocycles. The molecule has 29 heavy (non-hydrogen) atoms. The molecule has 2 aliphatic rings. The summed E-state index contributed by atoms with van der Waals surface area (Å²) in [5.74, 6) is -0.257. The van der Waals surface area contributed by atoms with E-state index < -0.39 is 11.7 Å². The third-order valence-corrected chi connectivity index (χ3v) is 7.09. The van der Waals surface area contributed by atoms with Crippen LogP contribution in [0, 0.1) is 9.39 Å². The van der Waals surface area contributed by atoms with Crippen molar-refractivity contribution in [3.63, 3.8) is 0 Å². The topological polar surface area (TPSA) is 76.5 Å². The Morgan fingerprint density at radius 1 is 1.41 bits per heavy atom. The smallest absolute Gasteiger partial charge is 0.129 e. The van der Waals surface area contributed by atoms with Gasteiger partial charge in [0.2, 0.25) is 0 Å². The molecule has 4 rings (SSSR count). The number of ether oxygens (including phenoxy) is 1. The van der Waals surface area contributed by atoms with Gasteiger partial charge in [0.15, 0.2) is 0 Å². The predicted octanol–water partition coefficient (Wildman–Crippen LogP) is 2.54. The van der Waals surface area contributed by atoms with Crippen molar-refractivity contribution < 1.29 is 14.2 Å². The monoisotopic (exact) mass is 514 g/mol. The molecule has 2 aliphatic heterocycles. The van der Waals surface area contributed by atoms with Crippen molar-refractivity contribution >= 4 is 25.2 Å². The van der Waals surface area contributed by atoms with E-state index in [1.165, 1.54) is 11.6 Å². The molecule has 0 spiro atoms. The summed E-state index contributed by atoms with van der Waals surface area (Å²) < 4.78 is 27.3. The van der Waals surface area contributed by atoms with Gasteiger partial charge in [-0.3, -0.25) is 9.58 Å². The molecule has 3 atom stereocenters. The van der Waals surface area contributed by atoms with Crippen LogP contribution in [0.25, 0.3) is 0 Å². The summed E-state index contributed by atoms with van der Waals surface area (Å²) in [5.41, 5.74) is 8.43. The quantitative estimate of drug-likeness (QED) is 0.601. The second kappa shape index (κ2) is 8.14. The highest BCUT2D eigenvalue weighted by molar-refractivity contribution is 14.2. The average molecular weight is 514 g/mol. The van der Waals surface area contributed by atoms with Gasteiger partial charge in [0.1, 0.15) is 11.9 Å². The maximum atomic E-state index is 14.4. The first-order chi connectivity index (χ1) is 13.7. The van der Waals surface area contributed by atoms with Crippen LogP contribution in [0.2, 0.25) is 0 Å². The van der Waals surface area contributed by atoms with Crippen molar-refractivity contribution in [2.45, 2.75) is 63.7 Å². The van der Waals surface area contributed by atoms with Gasteiger partial charge in [0.25, 0.3) is 0 Å². The summed E-state index contributed by atoms with van der Waals surface area (Å²) in [6, 6.07) is 5.10. The number of nitrogens with zero attached hydrogens (tertiary/aromatic N) is 3. The van der Waals surface area contributed by atoms with Crippen LogP contribution >= 0.6 is 20.7 Å². The molecular weight excluding hydrogens is 486 g/mol. The molecule has 0 aliphatic carbocycles. The second-order valence-electron chi connectivity index (χ2n) is 8.62. The maximum Gasteiger partial charge on any atom is 0.129 e. The lowest BCUT2D eigenvalue weighted by Gasteiger charge is -2.38. The zero-order chi connectivity index (χ0) is 20.8. The first kappa shape index (κ1) is 21.0. The zero-order valence-electron chi connectivity index (χ0n) is 16.8. The van der Waals surface area contributed by atoms with E-state index in [1.54, 1.807) is 19.9 Å². The normalized spacial score (nSPS) is 25.3. The van der Waals surface area contributed by atoms with E-state index in [4.69, 9.17) is 10.5 Å². The lowest BCUT2D eigenvalue weighted by atomic mass is 9.93. The minimum atomic E-state index is -0.791. The molecule has 3 unspecified atom stereocenters. The summed E-state index contributed by atoms with van der Waals surface area (Å²) in [6.45, 7) is 6.09. The number of fused-ring (bicyclic) bond motifs is 1. The Labute approximate surface area is 180 Å². The average Bonchev–Trinajstić information content (AvgIpc) is 3.19. The van der Waals surface area contributed by atoms with Gasteiger partial charge < -0.3 is 15.6 Å². The van der Waals surface area contributed by atoms with E-state index in [1.807, 2.05) is 16.9 Å². The number of rotatable bonds is 5. The van der Waals surface area contributed by atoms with Crippen molar-refractivity contribution in [2.75, 3.05) is 6.61 Å². The van der Waals surface area contributed by atoms with E-state index in [0.29, 0.717) is 18.7 Å². The minimum absolute atomic E-state index is 0.185. The summed E-state index contributed by atoms with van der Waals surface area (Å²) >= 11 is -0.354. The molecule has 8 heteroatoms. The number of benzene rings is 1. The molecule has 1 saturated heterocycles. The largest absolute Gasteiger partial charge is 0.389 e. The Kier molecular flexibility index (Phi) is 5.91. The fourth-order valence-corrected chi connectivity index (χ4v) is 5.20. The van der Waals surface area contributed by atoms with Crippen molar-refractivity contribution in [3.8, 4) is 0 Å². The van der Waals surface area contributed by atoms with Gasteiger partial charge in [-0.2, -0.15) is 5.10 Å². The maximum absolute atomic E-state index is 14.4. The van der Waals surface area contributed by atoms with Crippen LogP contribution in [-0.2, 0) is 24.4 Å². The minimum Gasteiger partial charge on any atom is -0.389 e. The predicted molar refractivity (Wildman–Crippen MR) is 119 cm³/mol. The Morgan fingerprint density at radius 3 is 2.86 bits per heavy atom. The third kappa shape index (κ3) is 4.61. The van der Waals surface area contributed by atoms with Gasteiger partial charge in [-0.1, -0.05) is 25.2 Å². The molecule has 0 saturated carbocycles. The fraction of sp³-hybridized carbons (Fsp3) is 0.524. The lowest BCUT2D eigenvalue weighted by Crippen LogP contribution is -2.47. The van der Waals surface area contributed by atoms with Crippen molar-refractivity contribution in [1.82, 2.24) is 14.7 Å². The Bertz CT molecular complexity index is 887. The van der Waals surface area contributed by atoms with E-state index in [2.05, 4.69) is 14.5 Å². The van der Waals surface area contributed by atoms with Gasteiger partial charge in [-0.15, -0.1) is 0 Å². The first-order valence-electron chi connectivity index (χ1n) is 9.80. The highest BCUT2D eigenvalue weighted by atomic mass is 127. The van der Waals surface area contributed by atoms with Gasteiger partial charge in [0.05, 0.1) is 24.4 Å². The van der Waals surface area contributed by atoms with Gasteiger partial charge in [-0.25, -0.2) is 4.39 Å². The third-order valence-electron chi connectivity index (χ3n) is 5.54. The molecule has 0 amide bonds. The zero-order valence-corrected chi connectivity index (χ0v) is 19.0. The number of hydrogen-bond acceptors (Lipinski definition) is 5. The van der Waals surface area contributed by atoms with Gasteiger partial charge >= 0.3 is 0 Å². The molecule has 0 bridgehead atoms. The van der Waals surface area contributed by atoms with E-state index in [0.717, 1.165) is 28.8 Å². The van der Waals surface area contributed by atoms with Crippen LogP contribution in [-0.4, -0.2) is 48.6 Å². The number of aromatic nitrogens is 2. The van der Waals surface area contributed by atoms with E-state index in [9.17, 15) is 9.50 Å². The summed E-state index contributed by atoms with van der Waals surface area (Å²) in [7, 11) is 0. The Morgan fingerprint density at radius 2 is 2.21 bits per heavy atom. The molecular formula is C21H28FIN4O2. The Hall–Kier alpha value is -1.20. The summed E-state index contributed by atoms with van der Waals surface area (Å²) in [4.78, 5) is 2.33. The first-order valence-corrected chi connectivity index (χ1v) is 12.4. The number of hydrogen-bond donors (Lipinski definition) is 2. The molecule has 0 radical (unpaired) electrons. The number of nitrogens with two attached hydrogens (primary N) is 1. The van der Waals surface area contributed by atoms with Gasteiger partial charge in [-0.05, 0) is 38.5 Å². The molecule has 1 fully saturated rings. The summed E-state index contributed by atoms with van der Waals surface area (Å²) in [6.07, 6.45) is 2.35. The molecule has 1 aromatic heterocycles. The van der Waals surface area contributed by atoms with Crippen molar-refractivity contribution in [1.29, 1.82) is 0 Å². The number of halogens is 2. The van der Waals surface area contributed by atoms with Gasteiger partial charge in [0, 0.05) is 46.1 Å². The van der Waals surface area contributed by atoms with Crippen LogP contribution in [0.4, 0.5) is 4.39 Å². The fourth-order valence-electron chi connectivity index (χ4n) is 4.21. The Balaban J connectivity index is 1.40. The number of aliphatic hydroxyl groups is 1. The van der Waals surface area contributed by atoms with Crippen LogP contribution in [0.15, 0.2) is 24.4 Å². The van der Waals surface area contributed by atoms with E-state index >= 15 is 0 Å². The molecule has 2 aromatic rings. The molecule has 3 N–H and O–H groups in total. The highest BCUT2D eigenvalue weighted by Gasteiger charge is 2.37. The lowest BCUT2D eigenvalue weighted by molar-refractivity contribution is -0.0533. The summed E-state index contributed by atoms with van der Waals surface area (Å²) in [5, 5.41) is 14.6. The van der Waals surface area contributed by atoms with Crippen LogP contribution in [0.1, 0.15) is 43.2 Å². The molecule has 158 valence electrons. The molecule has 1 aromatic carbocycles. The standard InChI is InChI=1S/C21H28FIN4O2/c1-21(2,28)12-27-9-13-8-26(10-19(13)25-27)15-7-18(24)20(29-11-15)16-6-14(23-3)4-5-17(16)22/h4-6,9,15,18,20,28H,3,7-8,10-12,24H2,1-2H3. The van der Waals surface area contributed by atoms with Crippen molar-refractivity contribution in [2.24, 2.45) is 5.73 Å².